The minimum Gasteiger partial charge on any atom is -0.459 e. The first-order valence-corrected chi connectivity index (χ1v) is 17.2. The van der Waals surface area contributed by atoms with Gasteiger partial charge in [-0.2, -0.15) is 13.2 Å². The van der Waals surface area contributed by atoms with Crippen LogP contribution in [-0.2, 0) is 28.0 Å². The number of rotatable bonds is 12. The maximum Gasteiger partial charge on any atom is 0.405 e. The van der Waals surface area contributed by atoms with E-state index < -0.39 is 54.4 Å². The Morgan fingerprint density at radius 2 is 1.80 bits per heavy atom. The lowest BCUT2D eigenvalue weighted by Gasteiger charge is -2.47. The third-order valence-corrected chi connectivity index (χ3v) is 10.2. The number of furan rings is 1. The molecule has 0 bridgehead atoms. The van der Waals surface area contributed by atoms with E-state index in [0.29, 0.717) is 30.7 Å². The van der Waals surface area contributed by atoms with Gasteiger partial charge in [-0.25, -0.2) is 0 Å². The van der Waals surface area contributed by atoms with Crippen molar-refractivity contribution in [3.8, 4) is 0 Å². The van der Waals surface area contributed by atoms with E-state index in [1.165, 1.54) is 0 Å². The van der Waals surface area contributed by atoms with Crippen molar-refractivity contribution in [1.29, 1.82) is 0 Å². The molecule has 0 spiro atoms. The molecule has 1 fully saturated rings. The molecule has 3 heterocycles. The number of aliphatic hydroxyl groups is 2. The summed E-state index contributed by atoms with van der Waals surface area (Å²) >= 11 is 0. The van der Waals surface area contributed by atoms with Crippen molar-refractivity contribution in [2.24, 2.45) is 5.92 Å². The normalized spacial score (nSPS) is 21.3. The number of hydrogen-bond acceptors (Lipinski definition) is 8. The summed E-state index contributed by atoms with van der Waals surface area (Å²) in [7, 11) is 0. The van der Waals surface area contributed by atoms with Gasteiger partial charge in [-0.15, -0.1) is 0 Å². The number of aliphatic hydroxyl groups excluding tert-OH is 2. The van der Waals surface area contributed by atoms with E-state index in [-0.39, 0.29) is 32.0 Å². The second-order valence-electron chi connectivity index (χ2n) is 14.1. The van der Waals surface area contributed by atoms with E-state index in [1.54, 1.807) is 23.4 Å². The fourth-order valence-corrected chi connectivity index (χ4v) is 7.32. The number of fused-ring (bicyclic) bond motifs is 2. The average Bonchev–Trinajstić information content (AvgIpc) is 3.68. The summed E-state index contributed by atoms with van der Waals surface area (Å²) in [5, 5.41) is 28.2. The lowest BCUT2D eigenvalue weighted by atomic mass is 9.91. The smallest absolute Gasteiger partial charge is 0.405 e. The summed E-state index contributed by atoms with van der Waals surface area (Å²) in [5.74, 6) is -1.20. The molecule has 6 rings (SSSR count). The number of piperazine rings is 1. The number of hydrogen-bond donors (Lipinski definition) is 4. The van der Waals surface area contributed by atoms with Gasteiger partial charge in [0.25, 0.3) is 0 Å². The number of nitrogens with zero attached hydrogens (tertiary/aromatic N) is 3. The number of alkyl halides is 3. The SMILES string of the molecule is CC(C)(c1cc2cnccc2o1)N1CCN(C[C@@H](O)C[C@@H](Cc2ccccc2)C(=O)N[C@H]2c3ccccc3C[C@H]2O)[C@H](C(=O)NCC(F)(F)F)C1. The van der Waals surface area contributed by atoms with Gasteiger partial charge >= 0.3 is 6.18 Å². The van der Waals surface area contributed by atoms with Crippen molar-refractivity contribution in [3.05, 3.63) is 102 Å². The van der Waals surface area contributed by atoms with Crippen LogP contribution >= 0.6 is 0 Å². The Bertz CT molecular complexity index is 1780. The molecule has 10 nitrogen and oxygen atoms in total. The number of β-amino-alcohol motifs (C(OH)–C–C–N with tert-alkyl or cyclic N) is 1. The third-order valence-electron chi connectivity index (χ3n) is 10.2. The summed E-state index contributed by atoms with van der Waals surface area (Å²) in [6.07, 6.45) is -2.40. The Kier molecular flexibility index (Phi) is 10.8. The molecule has 4 N–H and O–H groups in total. The molecule has 2 amide bonds. The molecule has 2 aromatic carbocycles. The molecule has 51 heavy (non-hydrogen) atoms. The highest BCUT2D eigenvalue weighted by Gasteiger charge is 2.42. The van der Waals surface area contributed by atoms with Crippen LogP contribution in [0.3, 0.4) is 0 Å². The minimum atomic E-state index is -4.60. The lowest BCUT2D eigenvalue weighted by molar-refractivity contribution is -0.144. The number of nitrogens with one attached hydrogen (secondary N) is 2. The van der Waals surface area contributed by atoms with Crippen LogP contribution in [0.4, 0.5) is 13.2 Å². The standard InChI is InChI=1S/C38H44F3N5O5/c1-37(2,33-19-27-20-42-13-12-32(27)51-33)46-15-14-45(30(22-46)36(50)43-23-38(39,40)41)21-28(47)17-26(16-24-8-4-3-5-9-24)35(49)44-34-29-11-7-6-10-25(29)18-31(34)48/h3-13,19-20,26,28,30-31,34,47-48H,14-18,21-23H2,1-2H3,(H,43,50)(H,44,49)/t26-,28+,30+,31-,34+/m1/s1. The van der Waals surface area contributed by atoms with E-state index >= 15 is 0 Å². The minimum absolute atomic E-state index is 0.0286. The van der Waals surface area contributed by atoms with Crippen molar-refractivity contribution in [1.82, 2.24) is 25.4 Å². The van der Waals surface area contributed by atoms with E-state index in [0.717, 1.165) is 22.1 Å². The first kappa shape index (κ1) is 36.5. The molecule has 1 aliphatic heterocycles. The van der Waals surface area contributed by atoms with Crippen LogP contribution in [0.2, 0.25) is 0 Å². The molecule has 272 valence electrons. The van der Waals surface area contributed by atoms with E-state index in [9.17, 15) is 33.0 Å². The van der Waals surface area contributed by atoms with Gasteiger partial charge in [-0.05, 0) is 55.5 Å². The van der Waals surface area contributed by atoms with Crippen molar-refractivity contribution < 1.29 is 37.4 Å². The van der Waals surface area contributed by atoms with E-state index in [4.69, 9.17) is 4.42 Å². The number of carbonyl (C=O) groups is 2. The maximum atomic E-state index is 13.9. The number of carbonyl (C=O) groups excluding carboxylic acids is 2. The monoisotopic (exact) mass is 707 g/mol. The van der Waals surface area contributed by atoms with Crippen LogP contribution in [0.5, 0.6) is 0 Å². The summed E-state index contributed by atoms with van der Waals surface area (Å²) in [6, 6.07) is 19.0. The van der Waals surface area contributed by atoms with Gasteiger partial charge in [0.15, 0.2) is 0 Å². The molecule has 2 aliphatic rings. The maximum absolute atomic E-state index is 13.9. The first-order valence-electron chi connectivity index (χ1n) is 17.2. The zero-order valence-corrected chi connectivity index (χ0v) is 28.6. The molecule has 0 radical (unpaired) electrons. The zero-order chi connectivity index (χ0) is 36.3. The molecule has 13 heteroatoms. The zero-order valence-electron chi connectivity index (χ0n) is 28.6. The van der Waals surface area contributed by atoms with Gasteiger partial charge in [-0.1, -0.05) is 54.6 Å². The molecule has 1 aliphatic carbocycles. The Morgan fingerprint density at radius 1 is 1.06 bits per heavy atom. The second-order valence-corrected chi connectivity index (χ2v) is 14.1. The molecule has 4 aromatic rings. The Labute approximate surface area is 294 Å². The molecule has 0 saturated carbocycles. The average molecular weight is 708 g/mol. The third kappa shape index (κ3) is 8.61. The van der Waals surface area contributed by atoms with E-state index in [1.807, 2.05) is 84.7 Å². The van der Waals surface area contributed by atoms with Crippen molar-refractivity contribution in [2.45, 2.75) is 69.1 Å². The Balaban J connectivity index is 1.18. The number of halogens is 3. The predicted molar refractivity (Wildman–Crippen MR) is 184 cm³/mol. The van der Waals surface area contributed by atoms with Crippen LogP contribution in [0, 0.1) is 5.92 Å². The van der Waals surface area contributed by atoms with Crippen LogP contribution in [0.25, 0.3) is 11.0 Å². The second kappa shape index (κ2) is 15.1. The summed E-state index contributed by atoms with van der Waals surface area (Å²) < 4.78 is 45.7. The number of pyridine rings is 1. The highest BCUT2D eigenvalue weighted by Crippen LogP contribution is 2.35. The molecular weight excluding hydrogens is 663 g/mol. The van der Waals surface area contributed by atoms with Gasteiger partial charge in [0, 0.05) is 56.3 Å². The largest absolute Gasteiger partial charge is 0.459 e. The van der Waals surface area contributed by atoms with Crippen LogP contribution in [-0.4, -0.2) is 94.0 Å². The first-order chi connectivity index (χ1) is 24.3. The molecule has 5 atom stereocenters. The van der Waals surface area contributed by atoms with Crippen molar-refractivity contribution >= 4 is 22.8 Å². The fourth-order valence-electron chi connectivity index (χ4n) is 7.32. The number of amides is 2. The van der Waals surface area contributed by atoms with Gasteiger partial charge in [0.2, 0.25) is 11.8 Å². The van der Waals surface area contributed by atoms with Crippen LogP contribution in [0.1, 0.15) is 48.8 Å². The number of benzene rings is 2. The Morgan fingerprint density at radius 3 is 2.55 bits per heavy atom. The van der Waals surface area contributed by atoms with Crippen LogP contribution < -0.4 is 10.6 Å². The highest BCUT2D eigenvalue weighted by molar-refractivity contribution is 5.82. The quantitative estimate of drug-likeness (QED) is 0.173. The van der Waals surface area contributed by atoms with Crippen molar-refractivity contribution in [2.75, 3.05) is 32.7 Å². The van der Waals surface area contributed by atoms with Crippen molar-refractivity contribution in [3.63, 3.8) is 0 Å². The topological polar surface area (TPSA) is 131 Å². The summed E-state index contributed by atoms with van der Waals surface area (Å²) in [5.41, 5.74) is 2.62. The van der Waals surface area contributed by atoms with Gasteiger partial charge in [-0.3, -0.25) is 24.4 Å². The molecule has 0 unspecified atom stereocenters. The van der Waals surface area contributed by atoms with E-state index in [2.05, 4.69) is 10.3 Å². The molecule has 2 aromatic heterocycles. The Hall–Kier alpha value is -4.30. The summed E-state index contributed by atoms with van der Waals surface area (Å²) in [6.45, 7) is 3.12. The number of aromatic nitrogens is 1. The lowest BCUT2D eigenvalue weighted by Crippen LogP contribution is -2.63. The molecular formula is C38H44F3N5O5. The highest BCUT2D eigenvalue weighted by atomic mass is 19.4. The van der Waals surface area contributed by atoms with Gasteiger partial charge in [0.05, 0.1) is 23.8 Å². The summed E-state index contributed by atoms with van der Waals surface area (Å²) in [4.78, 5) is 35.1. The van der Waals surface area contributed by atoms with Gasteiger partial charge in [0.1, 0.15) is 23.9 Å². The van der Waals surface area contributed by atoms with Gasteiger partial charge < -0.3 is 25.3 Å². The predicted octanol–water partition coefficient (Wildman–Crippen LogP) is 4.11. The molecule has 1 saturated heterocycles. The van der Waals surface area contributed by atoms with Crippen LogP contribution in [0.15, 0.2) is 83.5 Å². The fraction of sp³-hybridized carbons (Fsp3) is 0.447.